The Kier molecular flexibility index (Phi) is 3.52. The molecule has 9 heteroatoms. The Morgan fingerprint density at radius 3 is 2.04 bits per heavy atom. The smallest absolute Gasteiger partial charge is 0.265 e. The first-order valence-corrected chi connectivity index (χ1v) is 7.76. The van der Waals surface area contributed by atoms with Crippen molar-refractivity contribution < 1.29 is 24.2 Å². The average Bonchev–Trinajstić information content (AvgIpc) is 2.88. The lowest BCUT2D eigenvalue weighted by Crippen LogP contribution is -2.29. The van der Waals surface area contributed by atoms with Gasteiger partial charge in [-0.2, -0.15) is 0 Å². The van der Waals surface area contributed by atoms with Crippen LogP contribution in [0.3, 0.4) is 0 Å². The van der Waals surface area contributed by atoms with E-state index in [0.717, 1.165) is 11.0 Å². The van der Waals surface area contributed by atoms with E-state index >= 15 is 0 Å². The first kappa shape index (κ1) is 16.2. The van der Waals surface area contributed by atoms with Gasteiger partial charge in [0.05, 0.1) is 11.6 Å². The Labute approximate surface area is 150 Å². The van der Waals surface area contributed by atoms with Gasteiger partial charge in [0.1, 0.15) is 28.0 Å². The first-order chi connectivity index (χ1) is 12.4. The molecule has 2 aromatic carbocycles. The SMILES string of the molecule is O=C1c2c(c(O)c3nccnc3c2O)C(=O)N1Cc1ccc(F)c(Cl)c1. The molecule has 0 atom stereocenters. The highest BCUT2D eigenvalue weighted by Gasteiger charge is 2.42. The number of phenolic OH excluding ortho intramolecular Hbond substituents is 2. The molecule has 0 unspecified atom stereocenters. The normalized spacial score (nSPS) is 13.5. The molecule has 26 heavy (non-hydrogen) atoms. The van der Waals surface area contributed by atoms with E-state index in [9.17, 15) is 24.2 Å². The minimum absolute atomic E-state index is 0.0865. The highest BCUT2D eigenvalue weighted by molar-refractivity contribution is 6.30. The van der Waals surface area contributed by atoms with Crippen molar-refractivity contribution in [2.75, 3.05) is 0 Å². The van der Waals surface area contributed by atoms with Crippen LogP contribution in [0.15, 0.2) is 30.6 Å². The second-order valence-corrected chi connectivity index (χ2v) is 6.05. The highest BCUT2D eigenvalue weighted by Crippen LogP contribution is 2.42. The minimum atomic E-state index is -0.800. The molecule has 130 valence electrons. The van der Waals surface area contributed by atoms with E-state index in [1.165, 1.54) is 24.5 Å². The number of hydrogen-bond acceptors (Lipinski definition) is 6. The van der Waals surface area contributed by atoms with Crippen LogP contribution < -0.4 is 0 Å². The van der Waals surface area contributed by atoms with Gasteiger partial charge in [-0.1, -0.05) is 17.7 Å². The number of carbonyl (C=O) groups is 2. The topological polar surface area (TPSA) is 104 Å². The lowest BCUT2D eigenvalue weighted by Gasteiger charge is -2.14. The maximum atomic E-state index is 13.3. The van der Waals surface area contributed by atoms with Crippen LogP contribution in [0.2, 0.25) is 5.02 Å². The molecular weight excluding hydrogens is 365 g/mol. The van der Waals surface area contributed by atoms with Crippen molar-refractivity contribution in [3.8, 4) is 11.5 Å². The van der Waals surface area contributed by atoms with Gasteiger partial charge in [0.15, 0.2) is 11.5 Å². The van der Waals surface area contributed by atoms with Crippen molar-refractivity contribution in [1.29, 1.82) is 0 Å². The molecule has 0 aliphatic carbocycles. The molecule has 0 bridgehead atoms. The summed E-state index contributed by atoms with van der Waals surface area (Å²) in [6, 6.07) is 3.79. The molecular formula is C17H9ClFN3O4. The second-order valence-electron chi connectivity index (χ2n) is 5.65. The van der Waals surface area contributed by atoms with Crippen LogP contribution in [0.25, 0.3) is 11.0 Å². The minimum Gasteiger partial charge on any atom is -0.505 e. The lowest BCUT2D eigenvalue weighted by molar-refractivity contribution is 0.0641. The fourth-order valence-electron chi connectivity index (χ4n) is 2.90. The number of aromatic hydroxyl groups is 2. The molecule has 0 saturated heterocycles. The summed E-state index contributed by atoms with van der Waals surface area (Å²) in [6.07, 6.45) is 2.57. The predicted octanol–water partition coefficient (Wildman–Crippen LogP) is 2.63. The van der Waals surface area contributed by atoms with E-state index in [4.69, 9.17) is 11.6 Å². The monoisotopic (exact) mass is 373 g/mol. The second kappa shape index (κ2) is 5.63. The van der Waals surface area contributed by atoms with Gasteiger partial charge in [-0.15, -0.1) is 0 Å². The van der Waals surface area contributed by atoms with E-state index in [0.29, 0.717) is 5.56 Å². The molecule has 2 N–H and O–H groups in total. The van der Waals surface area contributed by atoms with E-state index in [1.54, 1.807) is 0 Å². The largest absolute Gasteiger partial charge is 0.505 e. The van der Waals surface area contributed by atoms with Gasteiger partial charge in [0.25, 0.3) is 11.8 Å². The Morgan fingerprint density at radius 2 is 1.54 bits per heavy atom. The standard InChI is InChI=1S/C17H9ClFN3O4/c18-8-5-7(1-2-9(8)19)6-22-16(25)10-11(17(22)26)15(24)13-12(14(10)23)20-3-4-21-13/h1-5,23-24H,6H2. The van der Waals surface area contributed by atoms with Crippen LogP contribution in [0.5, 0.6) is 11.5 Å². The zero-order chi connectivity index (χ0) is 18.6. The fraction of sp³-hybridized carbons (Fsp3) is 0.0588. The summed E-state index contributed by atoms with van der Waals surface area (Å²) in [5.74, 6) is -3.29. The van der Waals surface area contributed by atoms with Gasteiger partial charge in [0.2, 0.25) is 0 Å². The maximum Gasteiger partial charge on any atom is 0.265 e. The molecule has 0 saturated carbocycles. The van der Waals surface area contributed by atoms with Gasteiger partial charge in [0, 0.05) is 12.4 Å². The van der Waals surface area contributed by atoms with Gasteiger partial charge in [-0.25, -0.2) is 14.4 Å². The Morgan fingerprint density at radius 1 is 1.00 bits per heavy atom. The van der Waals surface area contributed by atoms with Crippen LogP contribution in [0.1, 0.15) is 26.3 Å². The van der Waals surface area contributed by atoms with E-state index in [2.05, 4.69) is 9.97 Å². The molecule has 3 aromatic rings. The first-order valence-electron chi connectivity index (χ1n) is 7.39. The summed E-state index contributed by atoms with van der Waals surface area (Å²) in [6.45, 7) is -0.206. The number of imide groups is 1. The molecule has 7 nitrogen and oxygen atoms in total. The Balaban J connectivity index is 1.83. The van der Waals surface area contributed by atoms with Crippen LogP contribution in [-0.4, -0.2) is 36.9 Å². The van der Waals surface area contributed by atoms with Gasteiger partial charge in [-0.3, -0.25) is 14.5 Å². The van der Waals surface area contributed by atoms with E-state index in [1.807, 2.05) is 0 Å². The van der Waals surface area contributed by atoms with Crippen molar-refractivity contribution >= 4 is 34.4 Å². The summed E-state index contributed by atoms with van der Waals surface area (Å²) in [5, 5.41) is 20.6. The summed E-state index contributed by atoms with van der Waals surface area (Å²) in [5.41, 5.74) is -0.443. The number of phenols is 2. The van der Waals surface area contributed by atoms with Gasteiger partial charge < -0.3 is 10.2 Å². The highest BCUT2D eigenvalue weighted by atomic mass is 35.5. The third kappa shape index (κ3) is 2.19. The number of aromatic nitrogens is 2. The number of halogens is 2. The number of hydrogen-bond donors (Lipinski definition) is 2. The quantitative estimate of drug-likeness (QED) is 0.528. The zero-order valence-electron chi connectivity index (χ0n) is 12.9. The average molecular weight is 374 g/mol. The molecule has 0 fully saturated rings. The van der Waals surface area contributed by atoms with Crippen molar-refractivity contribution in [3.63, 3.8) is 0 Å². The third-order valence-electron chi connectivity index (χ3n) is 4.11. The van der Waals surface area contributed by atoms with Crippen molar-refractivity contribution in [2.24, 2.45) is 0 Å². The molecule has 1 aliphatic heterocycles. The number of carbonyl (C=O) groups excluding carboxylic acids is 2. The van der Waals surface area contributed by atoms with Crippen LogP contribution in [0, 0.1) is 5.82 Å². The predicted molar refractivity (Wildman–Crippen MR) is 88.5 cm³/mol. The molecule has 4 rings (SSSR count). The number of amides is 2. The summed E-state index contributed by atoms with van der Waals surface area (Å²) in [4.78, 5) is 33.9. The van der Waals surface area contributed by atoms with Gasteiger partial charge >= 0.3 is 0 Å². The number of benzene rings is 2. The maximum absolute atomic E-state index is 13.3. The number of rotatable bonds is 2. The van der Waals surface area contributed by atoms with Crippen LogP contribution >= 0.6 is 11.6 Å². The zero-order valence-corrected chi connectivity index (χ0v) is 13.7. The summed E-state index contributed by atoms with van der Waals surface area (Å²) < 4.78 is 13.3. The summed E-state index contributed by atoms with van der Waals surface area (Å²) >= 11 is 5.72. The van der Waals surface area contributed by atoms with Crippen molar-refractivity contribution in [2.45, 2.75) is 6.54 Å². The number of fused-ring (bicyclic) bond motifs is 2. The fourth-order valence-corrected chi connectivity index (χ4v) is 3.10. The van der Waals surface area contributed by atoms with Crippen molar-refractivity contribution in [1.82, 2.24) is 14.9 Å². The third-order valence-corrected chi connectivity index (χ3v) is 4.40. The van der Waals surface area contributed by atoms with Crippen LogP contribution in [-0.2, 0) is 6.54 Å². The van der Waals surface area contributed by atoms with E-state index in [-0.39, 0.29) is 33.7 Å². The lowest BCUT2D eigenvalue weighted by atomic mass is 10.1. The molecule has 2 heterocycles. The van der Waals surface area contributed by atoms with Crippen molar-refractivity contribution in [3.05, 3.63) is 58.1 Å². The molecule has 1 aromatic heterocycles. The van der Waals surface area contributed by atoms with E-state index < -0.39 is 29.1 Å². The van der Waals surface area contributed by atoms with Crippen LogP contribution in [0.4, 0.5) is 4.39 Å². The molecule has 0 radical (unpaired) electrons. The Hall–Kier alpha value is -3.26. The Bertz CT molecular complexity index is 1060. The van der Waals surface area contributed by atoms with Gasteiger partial charge in [-0.05, 0) is 17.7 Å². The molecule has 1 aliphatic rings. The number of nitrogens with zero attached hydrogens (tertiary/aromatic N) is 3. The summed E-state index contributed by atoms with van der Waals surface area (Å²) in [7, 11) is 0. The molecule has 2 amide bonds. The molecule has 0 spiro atoms.